The number of H-pyrrole nitrogens is 1. The first-order chi connectivity index (χ1) is 10.3. The van der Waals surface area contributed by atoms with Crippen molar-refractivity contribution in [1.82, 2.24) is 19.8 Å². The van der Waals surface area contributed by atoms with Crippen molar-refractivity contribution in [2.45, 2.75) is 6.04 Å². The van der Waals surface area contributed by atoms with Crippen molar-refractivity contribution in [1.29, 1.82) is 0 Å². The molecule has 2 aromatic rings. The number of nitrogens with two attached hydrogens (primary N) is 1. The Labute approximate surface area is 125 Å². The molecule has 0 amide bonds. The third-order valence-electron chi connectivity index (χ3n) is 4.20. The maximum atomic E-state index is 6.02. The normalized spacial score (nSPS) is 18.8. The van der Waals surface area contributed by atoms with E-state index in [1.54, 1.807) is 0 Å². The third kappa shape index (κ3) is 3.15. The molecule has 1 atom stereocenters. The van der Waals surface area contributed by atoms with Crippen LogP contribution in [0.3, 0.4) is 0 Å². The van der Waals surface area contributed by atoms with Gasteiger partial charge in [-0.05, 0) is 7.05 Å². The minimum Gasteiger partial charge on any atom is -0.341 e. The summed E-state index contributed by atoms with van der Waals surface area (Å²) in [5.74, 6) is 0.915. The zero-order valence-corrected chi connectivity index (χ0v) is 12.5. The summed E-state index contributed by atoms with van der Waals surface area (Å²) in [6.45, 7) is 4.91. The zero-order valence-electron chi connectivity index (χ0n) is 12.5. The number of nitrogens with zero attached hydrogens (tertiary/aromatic N) is 3. The number of piperazine rings is 1. The fourth-order valence-electron chi connectivity index (χ4n) is 2.85. The van der Waals surface area contributed by atoms with Crippen molar-refractivity contribution >= 4 is 0 Å². The van der Waals surface area contributed by atoms with Gasteiger partial charge in [0.15, 0.2) is 0 Å². The largest absolute Gasteiger partial charge is 0.341 e. The summed E-state index contributed by atoms with van der Waals surface area (Å²) in [7, 11) is 2.17. The molecule has 1 aromatic heterocycles. The van der Waals surface area contributed by atoms with Gasteiger partial charge in [0.25, 0.3) is 0 Å². The van der Waals surface area contributed by atoms with Gasteiger partial charge in [-0.2, -0.15) is 0 Å². The van der Waals surface area contributed by atoms with Crippen LogP contribution in [0.1, 0.15) is 11.7 Å². The van der Waals surface area contributed by atoms with E-state index in [1.807, 2.05) is 24.4 Å². The van der Waals surface area contributed by atoms with Gasteiger partial charge in [-0.1, -0.05) is 30.3 Å². The lowest BCUT2D eigenvalue weighted by molar-refractivity contribution is 0.113. The number of likely N-dealkylation sites (N-methyl/N-ethyl adjacent to an activating group) is 1. The van der Waals surface area contributed by atoms with Crippen LogP contribution < -0.4 is 5.73 Å². The lowest BCUT2D eigenvalue weighted by Crippen LogP contribution is -2.47. The molecule has 112 valence electrons. The van der Waals surface area contributed by atoms with Crippen molar-refractivity contribution < 1.29 is 0 Å². The van der Waals surface area contributed by atoms with Gasteiger partial charge in [-0.25, -0.2) is 4.98 Å². The van der Waals surface area contributed by atoms with Gasteiger partial charge >= 0.3 is 0 Å². The molecule has 1 aliphatic rings. The Bertz CT molecular complexity index is 557. The van der Waals surface area contributed by atoms with E-state index in [4.69, 9.17) is 5.73 Å². The number of nitrogens with one attached hydrogen (secondary N) is 1. The first kappa shape index (κ1) is 14.3. The zero-order chi connectivity index (χ0) is 14.7. The molecular weight excluding hydrogens is 262 g/mol. The van der Waals surface area contributed by atoms with E-state index in [0.717, 1.165) is 43.3 Å². The van der Waals surface area contributed by atoms with E-state index in [-0.39, 0.29) is 6.04 Å². The quantitative estimate of drug-likeness (QED) is 0.889. The number of benzene rings is 1. The Morgan fingerprint density at radius 3 is 2.57 bits per heavy atom. The van der Waals surface area contributed by atoms with E-state index >= 15 is 0 Å². The maximum Gasteiger partial charge on any atom is 0.137 e. The highest BCUT2D eigenvalue weighted by atomic mass is 15.3. The number of aromatic amines is 1. The second kappa shape index (κ2) is 6.39. The molecule has 3 N–H and O–H groups in total. The molecule has 1 aromatic carbocycles. The predicted octanol–water partition coefficient (Wildman–Crippen LogP) is 1.32. The topological polar surface area (TPSA) is 61.2 Å². The van der Waals surface area contributed by atoms with Crippen molar-refractivity contribution in [3.8, 4) is 11.4 Å². The molecule has 5 nitrogen and oxygen atoms in total. The van der Waals surface area contributed by atoms with Crippen LogP contribution in [0, 0.1) is 0 Å². The molecule has 0 radical (unpaired) electrons. The van der Waals surface area contributed by atoms with Crippen LogP contribution in [0.2, 0.25) is 0 Å². The van der Waals surface area contributed by atoms with Gasteiger partial charge < -0.3 is 15.6 Å². The Morgan fingerprint density at radius 2 is 1.90 bits per heavy atom. The average Bonchev–Trinajstić information content (AvgIpc) is 3.00. The van der Waals surface area contributed by atoms with Gasteiger partial charge in [0.05, 0.1) is 17.9 Å². The second-order valence-electron chi connectivity index (χ2n) is 5.64. The number of rotatable bonds is 4. The third-order valence-corrected chi connectivity index (χ3v) is 4.20. The molecule has 1 unspecified atom stereocenters. The molecular formula is C16H23N5. The number of imidazole rings is 1. The Kier molecular flexibility index (Phi) is 4.34. The molecule has 2 heterocycles. The average molecular weight is 285 g/mol. The summed E-state index contributed by atoms with van der Waals surface area (Å²) in [5.41, 5.74) is 8.24. The molecule has 21 heavy (non-hydrogen) atoms. The van der Waals surface area contributed by atoms with Crippen LogP contribution in [0.25, 0.3) is 11.4 Å². The van der Waals surface area contributed by atoms with E-state index in [1.165, 1.54) is 0 Å². The Hall–Kier alpha value is -1.69. The van der Waals surface area contributed by atoms with E-state index in [0.29, 0.717) is 6.54 Å². The van der Waals surface area contributed by atoms with Gasteiger partial charge in [0, 0.05) is 38.3 Å². The van der Waals surface area contributed by atoms with Gasteiger partial charge in [0.1, 0.15) is 5.82 Å². The Balaban J connectivity index is 1.77. The summed E-state index contributed by atoms with van der Waals surface area (Å²) < 4.78 is 0. The van der Waals surface area contributed by atoms with Crippen molar-refractivity contribution in [2.75, 3.05) is 39.8 Å². The van der Waals surface area contributed by atoms with Crippen LogP contribution in [0.15, 0.2) is 36.5 Å². The predicted molar refractivity (Wildman–Crippen MR) is 84.9 cm³/mol. The monoisotopic (exact) mass is 285 g/mol. The van der Waals surface area contributed by atoms with E-state index in [2.05, 4.69) is 38.9 Å². The van der Waals surface area contributed by atoms with E-state index in [9.17, 15) is 0 Å². The molecule has 0 saturated carbocycles. The van der Waals surface area contributed by atoms with Crippen LogP contribution in [-0.2, 0) is 0 Å². The van der Waals surface area contributed by atoms with Crippen LogP contribution >= 0.6 is 0 Å². The van der Waals surface area contributed by atoms with Gasteiger partial charge in [-0.3, -0.25) is 4.90 Å². The highest BCUT2D eigenvalue weighted by Crippen LogP contribution is 2.22. The van der Waals surface area contributed by atoms with Gasteiger partial charge in [0.2, 0.25) is 0 Å². The lowest BCUT2D eigenvalue weighted by Gasteiger charge is -2.37. The van der Waals surface area contributed by atoms with Crippen molar-refractivity contribution in [2.24, 2.45) is 5.73 Å². The molecule has 5 heteroatoms. The van der Waals surface area contributed by atoms with Crippen molar-refractivity contribution in [3.63, 3.8) is 0 Å². The summed E-state index contributed by atoms with van der Waals surface area (Å²) in [4.78, 5) is 12.8. The molecule has 1 saturated heterocycles. The maximum absolute atomic E-state index is 6.02. The summed E-state index contributed by atoms with van der Waals surface area (Å²) >= 11 is 0. The summed E-state index contributed by atoms with van der Waals surface area (Å²) in [6.07, 6.45) is 1.93. The Morgan fingerprint density at radius 1 is 1.19 bits per heavy atom. The number of aromatic nitrogens is 2. The van der Waals surface area contributed by atoms with Crippen LogP contribution in [-0.4, -0.2) is 59.5 Å². The first-order valence-corrected chi connectivity index (χ1v) is 7.51. The lowest BCUT2D eigenvalue weighted by atomic mass is 10.1. The fraction of sp³-hybridized carbons (Fsp3) is 0.438. The highest BCUT2D eigenvalue weighted by Gasteiger charge is 2.24. The molecule has 3 rings (SSSR count). The number of hydrogen-bond acceptors (Lipinski definition) is 4. The van der Waals surface area contributed by atoms with Crippen molar-refractivity contribution in [3.05, 3.63) is 42.2 Å². The summed E-state index contributed by atoms with van der Waals surface area (Å²) in [5, 5.41) is 0. The molecule has 1 fully saturated rings. The molecule has 0 spiro atoms. The minimum atomic E-state index is 0.226. The molecule has 0 aliphatic carbocycles. The van der Waals surface area contributed by atoms with Crippen LogP contribution in [0.5, 0.6) is 0 Å². The smallest absolute Gasteiger partial charge is 0.137 e. The van der Waals surface area contributed by atoms with Crippen LogP contribution in [0.4, 0.5) is 0 Å². The second-order valence-corrected chi connectivity index (χ2v) is 5.64. The van der Waals surface area contributed by atoms with E-state index < -0.39 is 0 Å². The fourth-order valence-corrected chi connectivity index (χ4v) is 2.85. The molecule has 0 bridgehead atoms. The molecule has 1 aliphatic heterocycles. The summed E-state index contributed by atoms with van der Waals surface area (Å²) in [6, 6.07) is 10.4. The van der Waals surface area contributed by atoms with Gasteiger partial charge in [-0.15, -0.1) is 0 Å². The SMILES string of the molecule is CN1CCN(C(CN)c2cnc(-c3ccccc3)[nH]2)CC1. The number of hydrogen-bond donors (Lipinski definition) is 2. The first-order valence-electron chi connectivity index (χ1n) is 7.51. The highest BCUT2D eigenvalue weighted by molar-refractivity contribution is 5.54. The minimum absolute atomic E-state index is 0.226. The standard InChI is InChI=1S/C16H23N5/c1-20-7-9-21(10-8-20)15(11-17)14-12-18-16(19-14)13-5-3-2-4-6-13/h2-6,12,15H,7-11,17H2,1H3,(H,18,19).